The number of hydrogen-bond acceptors (Lipinski definition) is 6. The molecule has 7 nitrogen and oxygen atoms in total. The van der Waals surface area contributed by atoms with Gasteiger partial charge in [-0.1, -0.05) is 62.1 Å². The molecule has 2 aromatic rings. The summed E-state index contributed by atoms with van der Waals surface area (Å²) in [7, 11) is 0. The van der Waals surface area contributed by atoms with Crippen molar-refractivity contribution < 1.29 is 29.0 Å². The Labute approximate surface area is 182 Å². The van der Waals surface area contributed by atoms with Crippen molar-refractivity contribution in [2.45, 2.75) is 32.2 Å². The van der Waals surface area contributed by atoms with Crippen LogP contribution >= 0.6 is 24.0 Å². The molecule has 1 aromatic carbocycles. The SMILES string of the molecule is CC(C)c1ccc(-c2ccc(/C=C3/SC(=S)N([C@H](CC(=O)O)C(=O)O)C3=O)o2)cc1. The lowest BCUT2D eigenvalue weighted by molar-refractivity contribution is -0.150. The van der Waals surface area contributed by atoms with Crippen molar-refractivity contribution in [3.8, 4) is 11.3 Å². The molecule has 1 fully saturated rings. The van der Waals surface area contributed by atoms with Crippen molar-refractivity contribution in [2.24, 2.45) is 0 Å². The van der Waals surface area contributed by atoms with Crippen molar-refractivity contribution in [1.29, 1.82) is 0 Å². The maximum Gasteiger partial charge on any atom is 0.327 e. The average molecular weight is 446 g/mol. The Balaban J connectivity index is 1.82. The highest BCUT2D eigenvalue weighted by molar-refractivity contribution is 8.26. The summed E-state index contributed by atoms with van der Waals surface area (Å²) in [5.74, 6) is -1.97. The number of hydrogen-bond donors (Lipinski definition) is 2. The number of carboxylic acids is 2. The third-order valence-electron chi connectivity index (χ3n) is 4.55. The number of aliphatic carboxylic acids is 2. The molecule has 3 rings (SSSR count). The lowest BCUT2D eigenvalue weighted by Crippen LogP contribution is -2.45. The van der Waals surface area contributed by atoms with E-state index >= 15 is 0 Å². The number of thiocarbonyl (C=S) groups is 1. The van der Waals surface area contributed by atoms with Crippen LogP contribution in [-0.4, -0.2) is 43.3 Å². The van der Waals surface area contributed by atoms with Crippen molar-refractivity contribution in [3.63, 3.8) is 0 Å². The predicted octanol–water partition coefficient (Wildman–Crippen LogP) is 4.20. The monoisotopic (exact) mass is 445 g/mol. The summed E-state index contributed by atoms with van der Waals surface area (Å²) in [5, 5.41) is 18.3. The van der Waals surface area contributed by atoms with Crippen LogP contribution in [0.15, 0.2) is 45.7 Å². The summed E-state index contributed by atoms with van der Waals surface area (Å²) in [5.41, 5.74) is 2.10. The van der Waals surface area contributed by atoms with E-state index in [4.69, 9.17) is 21.7 Å². The van der Waals surface area contributed by atoms with Gasteiger partial charge in [0.2, 0.25) is 0 Å². The van der Waals surface area contributed by atoms with Crippen LogP contribution in [0.2, 0.25) is 0 Å². The minimum absolute atomic E-state index is 0.00375. The Morgan fingerprint density at radius 3 is 2.40 bits per heavy atom. The molecule has 30 heavy (non-hydrogen) atoms. The number of carbonyl (C=O) groups is 3. The van der Waals surface area contributed by atoms with Gasteiger partial charge in [0.05, 0.1) is 11.3 Å². The summed E-state index contributed by atoms with van der Waals surface area (Å²) < 4.78 is 5.81. The molecule has 0 unspecified atom stereocenters. The first-order chi connectivity index (χ1) is 14.2. The van der Waals surface area contributed by atoms with Crippen LogP contribution in [-0.2, 0) is 14.4 Å². The summed E-state index contributed by atoms with van der Waals surface area (Å²) in [6.07, 6.45) is 0.733. The Morgan fingerprint density at radius 2 is 1.83 bits per heavy atom. The van der Waals surface area contributed by atoms with Crippen LogP contribution < -0.4 is 0 Å². The van der Waals surface area contributed by atoms with Crippen molar-refractivity contribution in [1.82, 2.24) is 4.90 Å². The van der Waals surface area contributed by atoms with Gasteiger partial charge in [-0.05, 0) is 23.6 Å². The molecule has 1 aliphatic heterocycles. The van der Waals surface area contributed by atoms with Crippen LogP contribution in [0.25, 0.3) is 17.4 Å². The minimum Gasteiger partial charge on any atom is -0.481 e. The zero-order valence-corrected chi connectivity index (χ0v) is 17.8. The standard InChI is InChI=1S/C21H19NO6S2/c1-11(2)12-3-5-13(6-4-12)16-8-7-14(28-16)9-17-19(25)22(21(29)30-17)15(20(26)27)10-18(23)24/h3-9,11,15H,10H2,1-2H3,(H,23,24)(H,26,27)/b17-9+/t15-/m1/s1. The maximum absolute atomic E-state index is 12.7. The largest absolute Gasteiger partial charge is 0.481 e. The fourth-order valence-electron chi connectivity index (χ4n) is 2.95. The molecular weight excluding hydrogens is 426 g/mol. The van der Waals surface area contributed by atoms with E-state index in [0.717, 1.165) is 22.2 Å². The second-order valence-electron chi connectivity index (χ2n) is 6.98. The second kappa shape index (κ2) is 8.85. The minimum atomic E-state index is -1.56. The number of benzene rings is 1. The number of rotatable bonds is 7. The van der Waals surface area contributed by atoms with Gasteiger partial charge in [-0.3, -0.25) is 14.5 Å². The van der Waals surface area contributed by atoms with E-state index in [2.05, 4.69) is 13.8 Å². The van der Waals surface area contributed by atoms with Crippen LogP contribution in [0.4, 0.5) is 0 Å². The summed E-state index contributed by atoms with van der Waals surface area (Å²) >= 11 is 6.03. The molecular formula is C21H19NO6S2. The molecule has 0 aliphatic carbocycles. The van der Waals surface area contributed by atoms with Crippen molar-refractivity contribution >= 4 is 52.2 Å². The Kier molecular flexibility index (Phi) is 6.42. The van der Waals surface area contributed by atoms with E-state index in [-0.39, 0.29) is 9.23 Å². The highest BCUT2D eigenvalue weighted by Gasteiger charge is 2.41. The molecule has 1 atom stereocenters. The third-order valence-corrected chi connectivity index (χ3v) is 5.88. The van der Waals surface area contributed by atoms with Crippen molar-refractivity contribution in [3.05, 3.63) is 52.6 Å². The average Bonchev–Trinajstić information content (AvgIpc) is 3.25. The third kappa shape index (κ3) is 4.63. The van der Waals surface area contributed by atoms with Crippen LogP contribution in [0, 0.1) is 0 Å². The molecule has 2 heterocycles. The van der Waals surface area contributed by atoms with Gasteiger partial charge in [-0.15, -0.1) is 0 Å². The fraction of sp³-hybridized carbons (Fsp3) is 0.238. The van der Waals surface area contributed by atoms with E-state index < -0.39 is 30.3 Å². The quantitative estimate of drug-likeness (QED) is 0.482. The first-order valence-electron chi connectivity index (χ1n) is 9.09. The lowest BCUT2D eigenvalue weighted by Gasteiger charge is -2.21. The lowest BCUT2D eigenvalue weighted by atomic mass is 10.0. The molecule has 0 spiro atoms. The van der Waals surface area contributed by atoms with E-state index in [1.54, 1.807) is 12.1 Å². The van der Waals surface area contributed by atoms with E-state index in [0.29, 0.717) is 17.4 Å². The predicted molar refractivity (Wildman–Crippen MR) is 117 cm³/mol. The molecule has 0 radical (unpaired) electrons. The maximum atomic E-state index is 12.7. The Morgan fingerprint density at radius 1 is 1.17 bits per heavy atom. The van der Waals surface area contributed by atoms with Crippen LogP contribution in [0.5, 0.6) is 0 Å². The normalized spacial score (nSPS) is 16.5. The molecule has 156 valence electrons. The van der Waals surface area contributed by atoms with E-state index in [1.807, 2.05) is 24.3 Å². The number of carboxylic acid groups (broad SMARTS) is 2. The number of furan rings is 1. The van der Waals surface area contributed by atoms with E-state index in [9.17, 15) is 19.5 Å². The number of thioether (sulfide) groups is 1. The smallest absolute Gasteiger partial charge is 0.327 e. The van der Waals surface area contributed by atoms with Gasteiger partial charge >= 0.3 is 11.9 Å². The highest BCUT2D eigenvalue weighted by Crippen LogP contribution is 2.35. The molecule has 1 amide bonds. The summed E-state index contributed by atoms with van der Waals surface area (Å²) in [6.45, 7) is 4.23. The molecule has 0 saturated carbocycles. The topological polar surface area (TPSA) is 108 Å². The fourth-order valence-corrected chi connectivity index (χ4v) is 4.29. The van der Waals surface area contributed by atoms with Gasteiger partial charge in [0.1, 0.15) is 21.9 Å². The van der Waals surface area contributed by atoms with Gasteiger partial charge in [0.15, 0.2) is 0 Å². The Hall–Kier alpha value is -2.91. The van der Waals surface area contributed by atoms with Gasteiger partial charge < -0.3 is 14.6 Å². The number of amides is 1. The van der Waals surface area contributed by atoms with E-state index in [1.165, 1.54) is 11.6 Å². The zero-order valence-electron chi connectivity index (χ0n) is 16.2. The molecule has 2 N–H and O–H groups in total. The van der Waals surface area contributed by atoms with Gasteiger partial charge in [-0.2, -0.15) is 0 Å². The Bertz CT molecular complexity index is 1040. The van der Waals surface area contributed by atoms with Gasteiger partial charge in [-0.25, -0.2) is 4.79 Å². The first kappa shape index (κ1) is 21.8. The first-order valence-corrected chi connectivity index (χ1v) is 10.3. The molecule has 9 heteroatoms. The van der Waals surface area contributed by atoms with Crippen LogP contribution in [0.3, 0.4) is 0 Å². The number of carbonyl (C=O) groups excluding carboxylic acids is 1. The van der Waals surface area contributed by atoms with Crippen molar-refractivity contribution in [2.75, 3.05) is 0 Å². The highest BCUT2D eigenvalue weighted by atomic mass is 32.2. The van der Waals surface area contributed by atoms with Crippen LogP contribution in [0.1, 0.15) is 37.5 Å². The molecule has 0 bridgehead atoms. The number of nitrogens with zero attached hydrogens (tertiary/aromatic N) is 1. The second-order valence-corrected chi connectivity index (χ2v) is 8.66. The molecule has 1 saturated heterocycles. The van der Waals surface area contributed by atoms with Gasteiger partial charge in [0, 0.05) is 11.6 Å². The molecule has 1 aromatic heterocycles. The zero-order chi connectivity index (χ0) is 22.0. The summed E-state index contributed by atoms with van der Waals surface area (Å²) in [6, 6.07) is 9.89. The van der Waals surface area contributed by atoms with Gasteiger partial charge in [0.25, 0.3) is 5.91 Å². The molecule has 1 aliphatic rings. The summed E-state index contributed by atoms with van der Waals surface area (Å²) in [4.78, 5) is 36.1.